The number of benzene rings is 1. The number of carbonyl (C=O) groups is 1. The Morgan fingerprint density at radius 2 is 1.39 bits per heavy atom. The van der Waals surface area contributed by atoms with Crippen LogP contribution in [0.5, 0.6) is 17.5 Å². The molecule has 36 heavy (non-hydrogen) atoms. The van der Waals surface area contributed by atoms with Crippen molar-refractivity contribution in [3.63, 3.8) is 0 Å². The van der Waals surface area contributed by atoms with Crippen LogP contribution in [0.3, 0.4) is 0 Å². The standard InChI is InChI=1S/C18H15F9N4O5/c1-33-9-31(10-2-4-11(5-3-10)36-18(25,26)27)15(32)30-14-28-12(34-7-16(19,20)21)6-13(29-14)35-8-17(22,23)24/h2-6H,7-9H2,1H3,(H,28,29,30,32). The molecule has 0 fully saturated rings. The topological polar surface area (TPSA) is 95.0 Å². The number of methoxy groups -OCH3 is 1. The number of alkyl halides is 9. The summed E-state index contributed by atoms with van der Waals surface area (Å²) < 4.78 is 129. The zero-order chi connectivity index (χ0) is 27.1. The Balaban J connectivity index is 2.26. The van der Waals surface area contributed by atoms with Crippen molar-refractivity contribution in [1.82, 2.24) is 9.97 Å². The molecular weight excluding hydrogens is 523 g/mol. The lowest BCUT2D eigenvalue weighted by Crippen LogP contribution is -2.37. The molecule has 0 aliphatic carbocycles. The molecule has 2 amide bonds. The van der Waals surface area contributed by atoms with E-state index in [1.807, 2.05) is 5.32 Å². The number of anilines is 2. The van der Waals surface area contributed by atoms with Gasteiger partial charge in [-0.3, -0.25) is 10.2 Å². The molecule has 0 spiro atoms. The van der Waals surface area contributed by atoms with Crippen LogP contribution in [0.15, 0.2) is 30.3 Å². The Bertz CT molecular complexity index is 978. The van der Waals surface area contributed by atoms with E-state index in [9.17, 15) is 44.3 Å². The molecule has 2 aromatic rings. The molecule has 2 rings (SSSR count). The molecule has 0 radical (unpaired) electrons. The second-order valence-corrected chi connectivity index (χ2v) is 6.49. The molecule has 1 aromatic heterocycles. The summed E-state index contributed by atoms with van der Waals surface area (Å²) in [5, 5.41) is 2.00. The highest BCUT2D eigenvalue weighted by molar-refractivity contribution is 6.00. The predicted octanol–water partition coefficient (Wildman–Crippen LogP) is 4.90. The molecule has 1 aromatic carbocycles. The Kier molecular flexibility index (Phi) is 9.00. The van der Waals surface area contributed by atoms with Crippen molar-refractivity contribution in [3.8, 4) is 17.5 Å². The van der Waals surface area contributed by atoms with Crippen LogP contribution in [-0.4, -0.2) is 61.8 Å². The second kappa shape index (κ2) is 11.4. The smallest absolute Gasteiger partial charge is 0.468 e. The SMILES string of the molecule is COCN(C(=O)Nc1nc(OCC(F)(F)F)cc(OCC(F)(F)F)n1)c1ccc(OC(F)(F)F)cc1. The van der Waals surface area contributed by atoms with Gasteiger partial charge in [-0.05, 0) is 24.3 Å². The van der Waals surface area contributed by atoms with Crippen LogP contribution in [0.4, 0.5) is 55.9 Å². The zero-order valence-electron chi connectivity index (χ0n) is 17.8. The maximum absolute atomic E-state index is 12.7. The van der Waals surface area contributed by atoms with Gasteiger partial charge in [0.05, 0.1) is 6.07 Å². The zero-order valence-corrected chi connectivity index (χ0v) is 17.8. The van der Waals surface area contributed by atoms with Crippen LogP contribution < -0.4 is 24.4 Å². The van der Waals surface area contributed by atoms with Crippen molar-refractivity contribution < 1.29 is 63.3 Å². The van der Waals surface area contributed by atoms with Crippen molar-refractivity contribution >= 4 is 17.7 Å². The van der Waals surface area contributed by atoms with Crippen LogP contribution in [0, 0.1) is 0 Å². The van der Waals surface area contributed by atoms with E-state index >= 15 is 0 Å². The molecule has 0 aliphatic rings. The predicted molar refractivity (Wildman–Crippen MR) is 102 cm³/mol. The van der Waals surface area contributed by atoms with Gasteiger partial charge < -0.3 is 18.9 Å². The van der Waals surface area contributed by atoms with Crippen LogP contribution in [0.1, 0.15) is 0 Å². The average molecular weight is 538 g/mol. The fourth-order valence-electron chi connectivity index (χ4n) is 2.29. The molecule has 200 valence electrons. The molecule has 1 N–H and O–H groups in total. The van der Waals surface area contributed by atoms with E-state index in [-0.39, 0.29) is 5.69 Å². The number of hydrogen-bond acceptors (Lipinski definition) is 7. The number of carbonyl (C=O) groups excluding carboxylic acids is 1. The van der Waals surface area contributed by atoms with Crippen molar-refractivity contribution in [3.05, 3.63) is 30.3 Å². The first kappa shape index (κ1) is 28.5. The van der Waals surface area contributed by atoms with E-state index in [0.29, 0.717) is 6.07 Å². The summed E-state index contributed by atoms with van der Waals surface area (Å²) in [6, 6.07) is 3.26. The van der Waals surface area contributed by atoms with Gasteiger partial charge in [-0.2, -0.15) is 36.3 Å². The Morgan fingerprint density at radius 1 is 0.889 bits per heavy atom. The van der Waals surface area contributed by atoms with Gasteiger partial charge in [0.25, 0.3) is 0 Å². The minimum absolute atomic E-state index is 0.0399. The minimum Gasteiger partial charge on any atom is -0.468 e. The molecule has 18 heteroatoms. The molecule has 0 atom stereocenters. The number of urea groups is 1. The number of ether oxygens (including phenoxy) is 4. The third kappa shape index (κ3) is 10.3. The fourth-order valence-corrected chi connectivity index (χ4v) is 2.29. The summed E-state index contributed by atoms with van der Waals surface area (Å²) in [4.78, 5) is 20.4. The molecule has 0 aliphatic heterocycles. The van der Waals surface area contributed by atoms with E-state index in [4.69, 9.17) is 4.74 Å². The van der Waals surface area contributed by atoms with E-state index in [1.165, 1.54) is 0 Å². The first-order valence-corrected chi connectivity index (χ1v) is 9.26. The van der Waals surface area contributed by atoms with Crippen molar-refractivity contribution in [2.45, 2.75) is 18.7 Å². The van der Waals surface area contributed by atoms with E-state index in [0.717, 1.165) is 36.3 Å². The lowest BCUT2D eigenvalue weighted by molar-refractivity contribution is -0.274. The van der Waals surface area contributed by atoms with Gasteiger partial charge >= 0.3 is 24.7 Å². The van der Waals surface area contributed by atoms with Gasteiger partial charge in [0, 0.05) is 12.8 Å². The number of rotatable bonds is 9. The molecule has 9 nitrogen and oxygen atoms in total. The molecule has 0 saturated carbocycles. The van der Waals surface area contributed by atoms with Gasteiger partial charge in [0.2, 0.25) is 17.7 Å². The summed E-state index contributed by atoms with van der Waals surface area (Å²) in [6.07, 6.45) is -14.6. The van der Waals surface area contributed by atoms with Gasteiger partial charge in [-0.1, -0.05) is 0 Å². The number of halogens is 9. The summed E-state index contributed by atoms with van der Waals surface area (Å²) in [7, 11) is 1.16. The summed E-state index contributed by atoms with van der Waals surface area (Å²) in [5.74, 6) is -3.16. The average Bonchev–Trinajstić information content (AvgIpc) is 2.73. The van der Waals surface area contributed by atoms with Crippen molar-refractivity contribution in [1.29, 1.82) is 0 Å². The molecule has 1 heterocycles. The number of nitrogens with zero attached hydrogens (tertiary/aromatic N) is 3. The normalized spacial score (nSPS) is 12.2. The van der Waals surface area contributed by atoms with E-state index in [2.05, 4.69) is 24.2 Å². The minimum atomic E-state index is -4.96. The summed E-state index contributed by atoms with van der Waals surface area (Å²) in [6.45, 7) is -4.22. The van der Waals surface area contributed by atoms with Crippen molar-refractivity contribution in [2.24, 2.45) is 0 Å². The highest BCUT2D eigenvalue weighted by Crippen LogP contribution is 2.27. The van der Waals surface area contributed by atoms with E-state index < -0.39 is 68.1 Å². The maximum atomic E-state index is 12.7. The largest absolute Gasteiger partial charge is 0.573 e. The number of aromatic nitrogens is 2. The van der Waals surface area contributed by atoms with Crippen LogP contribution in [0.25, 0.3) is 0 Å². The Labute approximate surface area is 195 Å². The Morgan fingerprint density at radius 3 is 1.81 bits per heavy atom. The molecule has 0 bridgehead atoms. The van der Waals surface area contributed by atoms with Gasteiger partial charge in [0.15, 0.2) is 13.2 Å². The third-order valence-electron chi connectivity index (χ3n) is 3.55. The number of hydrogen-bond donors (Lipinski definition) is 1. The Hall–Kier alpha value is -3.70. The lowest BCUT2D eigenvalue weighted by Gasteiger charge is -2.22. The molecule has 0 saturated heterocycles. The monoisotopic (exact) mass is 538 g/mol. The van der Waals surface area contributed by atoms with E-state index in [1.54, 1.807) is 0 Å². The van der Waals surface area contributed by atoms with Gasteiger partial charge in [-0.15, -0.1) is 13.2 Å². The molecular formula is C18H15F9N4O5. The third-order valence-corrected chi connectivity index (χ3v) is 3.55. The van der Waals surface area contributed by atoms with Gasteiger partial charge in [0.1, 0.15) is 12.5 Å². The lowest BCUT2D eigenvalue weighted by atomic mass is 10.3. The quantitative estimate of drug-likeness (QED) is 0.359. The number of amides is 2. The van der Waals surface area contributed by atoms with Crippen LogP contribution in [0.2, 0.25) is 0 Å². The van der Waals surface area contributed by atoms with Crippen LogP contribution in [-0.2, 0) is 4.74 Å². The number of nitrogens with one attached hydrogen (secondary N) is 1. The fraction of sp³-hybridized carbons (Fsp3) is 0.389. The molecule has 0 unspecified atom stereocenters. The summed E-state index contributed by atoms with van der Waals surface area (Å²) >= 11 is 0. The van der Waals surface area contributed by atoms with Gasteiger partial charge in [-0.25, -0.2) is 4.79 Å². The first-order valence-electron chi connectivity index (χ1n) is 9.26. The van der Waals surface area contributed by atoms with Crippen molar-refractivity contribution in [2.75, 3.05) is 37.3 Å². The van der Waals surface area contributed by atoms with Crippen LogP contribution >= 0.6 is 0 Å². The summed E-state index contributed by atoms with van der Waals surface area (Å²) in [5.41, 5.74) is -0.0399. The highest BCUT2D eigenvalue weighted by Gasteiger charge is 2.32. The second-order valence-electron chi connectivity index (χ2n) is 6.49. The first-order chi connectivity index (χ1) is 16.5. The maximum Gasteiger partial charge on any atom is 0.573 e. The highest BCUT2D eigenvalue weighted by atomic mass is 19.4.